The van der Waals surface area contributed by atoms with Crippen LogP contribution in [0.15, 0.2) is 23.3 Å². The van der Waals surface area contributed by atoms with E-state index < -0.39 is 0 Å². The van der Waals surface area contributed by atoms with E-state index in [1.807, 2.05) is 13.2 Å². The molecule has 1 saturated heterocycles. The Morgan fingerprint density at radius 3 is 2.43 bits per heavy atom. The minimum absolute atomic E-state index is 0. The first-order valence-corrected chi connectivity index (χ1v) is 11.6. The molecule has 1 aromatic rings. The summed E-state index contributed by atoms with van der Waals surface area (Å²) in [6.07, 6.45) is 9.59. The summed E-state index contributed by atoms with van der Waals surface area (Å²) in [7, 11) is 1.83. The average Bonchev–Trinajstić information content (AvgIpc) is 3.04. The first-order chi connectivity index (χ1) is 14.2. The van der Waals surface area contributed by atoms with Crippen molar-refractivity contribution in [2.75, 3.05) is 44.7 Å². The van der Waals surface area contributed by atoms with E-state index in [1.54, 1.807) is 0 Å². The van der Waals surface area contributed by atoms with E-state index in [0.29, 0.717) is 6.04 Å². The molecule has 1 atom stereocenters. The van der Waals surface area contributed by atoms with Gasteiger partial charge in [-0.25, -0.2) is 4.98 Å². The molecule has 172 valence electrons. The molecule has 1 unspecified atom stereocenters. The fourth-order valence-corrected chi connectivity index (χ4v) is 3.85. The molecule has 0 spiro atoms. The largest absolute Gasteiger partial charge is 0.357 e. The molecular formula is C23H43IN6. The number of hydrogen-bond donors (Lipinski definition) is 2. The minimum atomic E-state index is 0. The van der Waals surface area contributed by atoms with Gasteiger partial charge in [0.2, 0.25) is 0 Å². The summed E-state index contributed by atoms with van der Waals surface area (Å²) in [5.74, 6) is 1.97. The van der Waals surface area contributed by atoms with Crippen molar-refractivity contribution in [2.24, 2.45) is 4.99 Å². The predicted molar refractivity (Wildman–Crippen MR) is 140 cm³/mol. The molecule has 0 amide bonds. The van der Waals surface area contributed by atoms with Crippen molar-refractivity contribution < 1.29 is 0 Å². The van der Waals surface area contributed by atoms with E-state index in [2.05, 4.69) is 58.3 Å². The van der Waals surface area contributed by atoms with Gasteiger partial charge in [-0.1, -0.05) is 32.8 Å². The molecule has 7 heteroatoms. The molecule has 30 heavy (non-hydrogen) atoms. The number of aromatic nitrogens is 1. The highest BCUT2D eigenvalue weighted by atomic mass is 127. The Hall–Kier alpha value is -1.09. The Balaban J connectivity index is 0.00000450. The number of anilines is 1. The summed E-state index contributed by atoms with van der Waals surface area (Å²) in [5.41, 5.74) is 1.18. The number of rotatable bonds is 10. The highest BCUT2D eigenvalue weighted by Crippen LogP contribution is 2.17. The zero-order chi connectivity index (χ0) is 20.9. The van der Waals surface area contributed by atoms with E-state index in [-0.39, 0.29) is 24.0 Å². The molecule has 1 aliphatic rings. The number of nitrogens with one attached hydrogen (secondary N) is 2. The lowest BCUT2D eigenvalue weighted by Gasteiger charge is -2.22. The topological polar surface area (TPSA) is 55.8 Å². The van der Waals surface area contributed by atoms with Crippen molar-refractivity contribution >= 4 is 35.8 Å². The van der Waals surface area contributed by atoms with Crippen LogP contribution in [0.3, 0.4) is 0 Å². The number of halogens is 1. The SMILES string of the molecule is CCN(CC)CCCC(C)NC(=NC)NCc1ccc(N2CCCCCC2)nc1.I. The van der Waals surface area contributed by atoms with E-state index in [4.69, 9.17) is 4.98 Å². The highest BCUT2D eigenvalue weighted by molar-refractivity contribution is 14.0. The van der Waals surface area contributed by atoms with Crippen LogP contribution >= 0.6 is 24.0 Å². The van der Waals surface area contributed by atoms with E-state index in [0.717, 1.165) is 50.9 Å². The molecule has 1 aromatic heterocycles. The summed E-state index contributed by atoms with van der Waals surface area (Å²) in [4.78, 5) is 14.0. The van der Waals surface area contributed by atoms with Crippen LogP contribution in [0.2, 0.25) is 0 Å². The summed E-state index contributed by atoms with van der Waals surface area (Å²) in [5, 5.41) is 6.93. The van der Waals surface area contributed by atoms with Crippen LogP contribution in [0.5, 0.6) is 0 Å². The summed E-state index contributed by atoms with van der Waals surface area (Å²) in [6.45, 7) is 13.1. The van der Waals surface area contributed by atoms with Crippen LogP contribution in [0, 0.1) is 0 Å². The van der Waals surface area contributed by atoms with Crippen LogP contribution < -0.4 is 15.5 Å². The van der Waals surface area contributed by atoms with E-state index >= 15 is 0 Å². The molecule has 6 nitrogen and oxygen atoms in total. The van der Waals surface area contributed by atoms with Crippen LogP contribution in [0.25, 0.3) is 0 Å². The fraction of sp³-hybridized carbons (Fsp3) is 0.739. The van der Waals surface area contributed by atoms with E-state index in [1.165, 1.54) is 44.2 Å². The maximum atomic E-state index is 4.70. The molecule has 1 fully saturated rings. The number of pyridine rings is 1. The normalized spacial score (nSPS) is 16.0. The molecule has 0 aliphatic carbocycles. The number of aliphatic imine (C=N–C) groups is 1. The van der Waals surface area contributed by atoms with Crippen molar-refractivity contribution in [2.45, 2.75) is 71.9 Å². The Kier molecular flexibility index (Phi) is 14.1. The predicted octanol–water partition coefficient (Wildman–Crippen LogP) is 4.26. The van der Waals surface area contributed by atoms with Gasteiger partial charge >= 0.3 is 0 Å². The second-order valence-electron chi connectivity index (χ2n) is 8.07. The average molecular weight is 531 g/mol. The fourth-order valence-electron chi connectivity index (χ4n) is 3.85. The van der Waals surface area contributed by atoms with Gasteiger partial charge in [0.1, 0.15) is 5.82 Å². The molecule has 2 rings (SSSR count). The maximum Gasteiger partial charge on any atom is 0.191 e. The monoisotopic (exact) mass is 530 g/mol. The van der Waals surface area contributed by atoms with Crippen molar-refractivity contribution in [1.82, 2.24) is 20.5 Å². The van der Waals surface area contributed by atoms with Crippen molar-refractivity contribution in [3.8, 4) is 0 Å². The van der Waals surface area contributed by atoms with E-state index in [9.17, 15) is 0 Å². The lowest BCUT2D eigenvalue weighted by Crippen LogP contribution is -2.42. The summed E-state index contributed by atoms with van der Waals surface area (Å²) in [6, 6.07) is 4.75. The van der Waals surface area contributed by atoms with Gasteiger partial charge in [-0.3, -0.25) is 4.99 Å². The van der Waals surface area contributed by atoms with Crippen LogP contribution in [0.1, 0.15) is 64.9 Å². The van der Waals surface area contributed by atoms with Crippen LogP contribution in [0.4, 0.5) is 5.82 Å². The second-order valence-corrected chi connectivity index (χ2v) is 8.07. The smallest absolute Gasteiger partial charge is 0.191 e. The molecule has 0 bridgehead atoms. The maximum absolute atomic E-state index is 4.70. The molecule has 1 aliphatic heterocycles. The van der Waals surface area contributed by atoms with Gasteiger partial charge in [-0.2, -0.15) is 0 Å². The van der Waals surface area contributed by atoms with Gasteiger partial charge < -0.3 is 20.4 Å². The number of hydrogen-bond acceptors (Lipinski definition) is 4. The van der Waals surface area contributed by atoms with Crippen molar-refractivity contribution in [3.63, 3.8) is 0 Å². The summed E-state index contributed by atoms with van der Waals surface area (Å²) < 4.78 is 0. The van der Waals surface area contributed by atoms with Gasteiger partial charge in [0.25, 0.3) is 0 Å². The Morgan fingerprint density at radius 1 is 1.17 bits per heavy atom. The summed E-state index contributed by atoms with van der Waals surface area (Å²) >= 11 is 0. The lowest BCUT2D eigenvalue weighted by atomic mass is 10.2. The van der Waals surface area contributed by atoms with Crippen LogP contribution in [-0.2, 0) is 6.54 Å². The van der Waals surface area contributed by atoms with Crippen molar-refractivity contribution in [3.05, 3.63) is 23.9 Å². The van der Waals surface area contributed by atoms with Gasteiger partial charge in [-0.05, 0) is 63.9 Å². The lowest BCUT2D eigenvalue weighted by molar-refractivity contribution is 0.292. The van der Waals surface area contributed by atoms with Gasteiger partial charge in [0, 0.05) is 38.9 Å². The van der Waals surface area contributed by atoms with Gasteiger partial charge in [-0.15, -0.1) is 24.0 Å². The van der Waals surface area contributed by atoms with Gasteiger partial charge in [0.15, 0.2) is 5.96 Å². The Morgan fingerprint density at radius 2 is 1.87 bits per heavy atom. The third kappa shape index (κ3) is 9.81. The Bertz CT molecular complexity index is 580. The highest BCUT2D eigenvalue weighted by Gasteiger charge is 2.11. The number of nitrogens with zero attached hydrogens (tertiary/aromatic N) is 4. The standard InChI is InChI=1S/C23H42N6.HI/c1-5-28(6-2)15-11-12-20(3)27-23(24-4)26-19-21-13-14-22(25-18-21)29-16-9-7-8-10-17-29;/h13-14,18,20H,5-12,15-17,19H2,1-4H3,(H2,24,26,27);1H. The van der Waals surface area contributed by atoms with Gasteiger partial charge in [0.05, 0.1) is 0 Å². The van der Waals surface area contributed by atoms with Crippen molar-refractivity contribution in [1.29, 1.82) is 0 Å². The van der Waals surface area contributed by atoms with Crippen LogP contribution in [-0.4, -0.2) is 61.7 Å². The molecule has 2 heterocycles. The molecule has 0 aromatic carbocycles. The molecule has 0 radical (unpaired) electrons. The zero-order valence-electron chi connectivity index (χ0n) is 19.5. The first-order valence-electron chi connectivity index (χ1n) is 11.6. The molecular weight excluding hydrogens is 487 g/mol. The zero-order valence-corrected chi connectivity index (χ0v) is 21.8. The quantitative estimate of drug-likeness (QED) is 0.269. The number of guanidine groups is 1. The minimum Gasteiger partial charge on any atom is -0.357 e. The third-order valence-electron chi connectivity index (χ3n) is 5.81. The Labute approximate surface area is 201 Å². The molecule has 0 saturated carbocycles. The molecule has 2 N–H and O–H groups in total. The third-order valence-corrected chi connectivity index (χ3v) is 5.81. The first kappa shape index (κ1) is 26.9. The second kappa shape index (κ2) is 15.7.